The minimum atomic E-state index is -0.609. The summed E-state index contributed by atoms with van der Waals surface area (Å²) in [5.74, 6) is -0.510. The van der Waals surface area contributed by atoms with E-state index in [1.54, 1.807) is 0 Å². The van der Waals surface area contributed by atoms with Crippen LogP contribution in [0.4, 0.5) is 0 Å². The van der Waals surface area contributed by atoms with Crippen molar-refractivity contribution in [3.63, 3.8) is 0 Å². The van der Waals surface area contributed by atoms with Gasteiger partial charge in [0.15, 0.2) is 11.9 Å². The normalized spacial score (nSPS) is 12.0. The molecular formula is C40H80N10O4. The van der Waals surface area contributed by atoms with E-state index in [-0.39, 0.29) is 35.5 Å². The predicted molar refractivity (Wildman–Crippen MR) is 223 cm³/mol. The first-order valence-electron chi connectivity index (χ1n) is 21.4. The van der Waals surface area contributed by atoms with Gasteiger partial charge < -0.3 is 44.2 Å². The largest absolute Gasteiger partial charge is 0.370 e. The molecule has 0 aromatic rings. The Morgan fingerprint density at radius 1 is 0.444 bits per heavy atom. The number of amides is 4. The van der Waals surface area contributed by atoms with Gasteiger partial charge in [-0.25, -0.2) is 0 Å². The lowest BCUT2D eigenvalue weighted by Gasteiger charge is -2.18. The van der Waals surface area contributed by atoms with Gasteiger partial charge >= 0.3 is 0 Å². The molecule has 0 aromatic heterocycles. The van der Waals surface area contributed by atoms with Crippen LogP contribution in [0, 0.1) is 0 Å². The summed E-state index contributed by atoms with van der Waals surface area (Å²) in [4.78, 5) is 59.1. The molecule has 0 heterocycles. The molecule has 0 bridgehead atoms. The molecule has 0 aromatic carbocycles. The Bertz CT molecular complexity index is 952. The van der Waals surface area contributed by atoms with E-state index in [9.17, 15) is 19.2 Å². The van der Waals surface area contributed by atoms with E-state index in [0.29, 0.717) is 64.7 Å². The van der Waals surface area contributed by atoms with Gasteiger partial charge in [0.05, 0.1) is 0 Å². The molecule has 0 saturated carbocycles. The molecule has 0 rings (SSSR count). The summed E-state index contributed by atoms with van der Waals surface area (Å²) in [5.41, 5.74) is 21.7. The Kier molecular flexibility index (Phi) is 34.0. The zero-order valence-corrected chi connectivity index (χ0v) is 34.2. The fourth-order valence-corrected chi connectivity index (χ4v) is 6.19. The van der Waals surface area contributed by atoms with Crippen LogP contribution in [-0.4, -0.2) is 73.8 Å². The first-order valence-corrected chi connectivity index (χ1v) is 21.4. The number of aliphatic imine (C=N–C) groups is 2. The second kappa shape index (κ2) is 36.4. The highest BCUT2D eigenvalue weighted by molar-refractivity contribution is 5.88. The molecule has 4 amide bonds. The lowest BCUT2D eigenvalue weighted by molar-refractivity contribution is -0.129. The van der Waals surface area contributed by atoms with Gasteiger partial charge in [-0.1, -0.05) is 117 Å². The Balaban J connectivity index is 4.44. The molecule has 0 radical (unpaired) electrons. The van der Waals surface area contributed by atoms with Crippen molar-refractivity contribution in [2.45, 2.75) is 193 Å². The minimum Gasteiger partial charge on any atom is -0.370 e. The summed E-state index contributed by atoms with van der Waals surface area (Å²) in [6, 6.07) is -1.22. The van der Waals surface area contributed by atoms with Crippen LogP contribution in [0.2, 0.25) is 0 Å². The van der Waals surface area contributed by atoms with E-state index in [1.807, 2.05) is 0 Å². The highest BCUT2D eigenvalue weighted by Crippen LogP contribution is 2.11. The molecule has 2 atom stereocenters. The number of hydrogen-bond acceptors (Lipinski definition) is 6. The second-order valence-corrected chi connectivity index (χ2v) is 14.6. The molecular weight excluding hydrogens is 685 g/mol. The van der Waals surface area contributed by atoms with Crippen molar-refractivity contribution >= 4 is 35.5 Å². The van der Waals surface area contributed by atoms with Crippen molar-refractivity contribution in [1.82, 2.24) is 21.3 Å². The second-order valence-electron chi connectivity index (χ2n) is 14.6. The van der Waals surface area contributed by atoms with Crippen LogP contribution in [0.3, 0.4) is 0 Å². The lowest BCUT2D eigenvalue weighted by Crippen LogP contribution is -2.47. The van der Waals surface area contributed by atoms with Crippen molar-refractivity contribution in [2.75, 3.05) is 26.2 Å². The van der Waals surface area contributed by atoms with Gasteiger partial charge in [0.2, 0.25) is 23.6 Å². The number of carbonyl (C=O) groups is 4. The quantitative estimate of drug-likeness (QED) is 0.0245. The van der Waals surface area contributed by atoms with E-state index < -0.39 is 12.1 Å². The zero-order chi connectivity index (χ0) is 40.1. The third-order valence-corrected chi connectivity index (χ3v) is 9.41. The Hall–Kier alpha value is -3.58. The van der Waals surface area contributed by atoms with Crippen molar-refractivity contribution in [3.8, 4) is 0 Å². The summed E-state index contributed by atoms with van der Waals surface area (Å²) >= 11 is 0. The number of rotatable bonds is 37. The first-order chi connectivity index (χ1) is 26.1. The summed E-state index contributed by atoms with van der Waals surface area (Å²) in [6.07, 6.45) is 24.4. The molecule has 0 spiro atoms. The zero-order valence-electron chi connectivity index (χ0n) is 34.2. The van der Waals surface area contributed by atoms with Crippen molar-refractivity contribution in [3.05, 3.63) is 0 Å². The summed E-state index contributed by atoms with van der Waals surface area (Å²) in [5, 5.41) is 11.8. The van der Waals surface area contributed by atoms with Gasteiger partial charge in [0, 0.05) is 39.0 Å². The van der Waals surface area contributed by atoms with E-state index in [1.165, 1.54) is 51.4 Å². The molecule has 14 nitrogen and oxygen atoms in total. The monoisotopic (exact) mass is 765 g/mol. The highest BCUT2D eigenvalue weighted by atomic mass is 16.2. The number of nitrogens with zero attached hydrogens (tertiary/aromatic N) is 2. The SMILES string of the molecule is CCCCCCCCCC(=O)N[C@@H](CCCN=C(N)N)C(=O)NCCCCCCCCNC(=O)[C@H](CCCN=C(N)N)NC(=O)CCCCCCCCC. The smallest absolute Gasteiger partial charge is 0.242 e. The number of carbonyl (C=O) groups excluding carboxylic acids is 4. The van der Waals surface area contributed by atoms with Crippen LogP contribution in [-0.2, 0) is 19.2 Å². The van der Waals surface area contributed by atoms with Crippen molar-refractivity contribution in [2.24, 2.45) is 32.9 Å². The highest BCUT2D eigenvalue weighted by Gasteiger charge is 2.21. The molecule has 54 heavy (non-hydrogen) atoms. The Labute approximate surface area is 327 Å². The number of unbranched alkanes of at least 4 members (excludes halogenated alkanes) is 17. The van der Waals surface area contributed by atoms with Gasteiger partial charge in [-0.3, -0.25) is 29.2 Å². The van der Waals surface area contributed by atoms with Crippen LogP contribution in [0.25, 0.3) is 0 Å². The fraction of sp³-hybridized carbons (Fsp3) is 0.850. The minimum absolute atomic E-state index is 0.0132. The molecule has 0 saturated heterocycles. The number of nitrogens with one attached hydrogen (secondary N) is 4. The van der Waals surface area contributed by atoms with Crippen LogP contribution in [0.5, 0.6) is 0 Å². The predicted octanol–water partition coefficient (Wildman–Crippen LogP) is 4.92. The van der Waals surface area contributed by atoms with Crippen molar-refractivity contribution in [1.29, 1.82) is 0 Å². The maximum Gasteiger partial charge on any atom is 0.242 e. The third-order valence-electron chi connectivity index (χ3n) is 9.41. The molecule has 314 valence electrons. The molecule has 0 aliphatic carbocycles. The van der Waals surface area contributed by atoms with Gasteiger partial charge in [0.1, 0.15) is 12.1 Å². The van der Waals surface area contributed by atoms with Gasteiger partial charge in [-0.05, 0) is 51.4 Å². The summed E-state index contributed by atoms with van der Waals surface area (Å²) in [7, 11) is 0. The average molecular weight is 765 g/mol. The average Bonchev–Trinajstić information content (AvgIpc) is 3.13. The van der Waals surface area contributed by atoms with Crippen LogP contribution in [0.1, 0.15) is 181 Å². The van der Waals surface area contributed by atoms with Crippen LogP contribution in [0.15, 0.2) is 9.98 Å². The molecule has 0 aliphatic heterocycles. The maximum absolute atomic E-state index is 13.0. The van der Waals surface area contributed by atoms with E-state index in [0.717, 1.165) is 77.0 Å². The van der Waals surface area contributed by atoms with Gasteiger partial charge in [0.25, 0.3) is 0 Å². The lowest BCUT2D eigenvalue weighted by atomic mass is 10.1. The first kappa shape index (κ1) is 50.4. The molecule has 0 aliphatic rings. The van der Waals surface area contributed by atoms with E-state index in [2.05, 4.69) is 45.1 Å². The van der Waals surface area contributed by atoms with Crippen molar-refractivity contribution < 1.29 is 19.2 Å². The maximum atomic E-state index is 13.0. The Morgan fingerprint density at radius 3 is 1.09 bits per heavy atom. The topological polar surface area (TPSA) is 245 Å². The van der Waals surface area contributed by atoms with E-state index in [4.69, 9.17) is 22.9 Å². The number of guanidine groups is 2. The Morgan fingerprint density at radius 2 is 0.759 bits per heavy atom. The van der Waals surface area contributed by atoms with Gasteiger partial charge in [-0.15, -0.1) is 0 Å². The third kappa shape index (κ3) is 33.0. The summed E-state index contributed by atoms with van der Waals surface area (Å²) < 4.78 is 0. The standard InChI is InChI=1S/C40H80N10O4/c1-3-5-7-9-11-15-19-27-35(51)49-33(25-23-31-47-39(41)42)37(53)45-29-21-17-13-14-18-22-30-46-38(54)34(26-24-32-48-40(43)44)50-36(52)28-20-16-12-10-8-6-4-2/h33-34H,3-32H2,1-2H3,(H,45,53)(H,46,54)(H,49,51)(H,50,52)(H4,41,42,47)(H4,43,44,48)/t33-,34-/m0/s1. The van der Waals surface area contributed by atoms with Crippen LogP contribution < -0.4 is 44.2 Å². The van der Waals surface area contributed by atoms with E-state index >= 15 is 0 Å². The number of hydrogen-bond donors (Lipinski definition) is 8. The number of nitrogens with two attached hydrogens (primary N) is 4. The molecule has 14 heteroatoms. The molecule has 0 unspecified atom stereocenters. The molecule has 0 fully saturated rings. The van der Waals surface area contributed by atoms with Crippen LogP contribution >= 0.6 is 0 Å². The fourth-order valence-electron chi connectivity index (χ4n) is 6.19. The molecule has 12 N–H and O–H groups in total. The van der Waals surface area contributed by atoms with Gasteiger partial charge in [-0.2, -0.15) is 0 Å². The summed E-state index contributed by atoms with van der Waals surface area (Å²) in [6.45, 7) is 6.29.